The van der Waals surface area contributed by atoms with Crippen LogP contribution >= 0.6 is 11.6 Å². The van der Waals surface area contributed by atoms with Crippen LogP contribution in [0.15, 0.2) is 18.2 Å². The number of hydrogen-bond acceptors (Lipinski definition) is 2. The van der Waals surface area contributed by atoms with Gasteiger partial charge in [0.25, 0.3) is 5.91 Å². The summed E-state index contributed by atoms with van der Waals surface area (Å²) in [5, 5.41) is 12.3. The molecule has 0 saturated carbocycles. The summed E-state index contributed by atoms with van der Waals surface area (Å²) < 4.78 is 0. The van der Waals surface area contributed by atoms with E-state index in [2.05, 4.69) is 5.32 Å². The van der Waals surface area contributed by atoms with Crippen LogP contribution in [0.2, 0.25) is 5.02 Å². The van der Waals surface area contributed by atoms with E-state index in [0.717, 1.165) is 5.56 Å². The quantitative estimate of drug-likeness (QED) is 0.852. The summed E-state index contributed by atoms with van der Waals surface area (Å²) >= 11 is 5.87. The Morgan fingerprint density at radius 1 is 1.44 bits per heavy atom. The highest BCUT2D eigenvalue weighted by Gasteiger charge is 2.20. The fraction of sp³-hybridized carbons (Fsp3) is 0.417. The Bertz CT molecular complexity index is 382. The van der Waals surface area contributed by atoms with Crippen molar-refractivity contribution in [1.82, 2.24) is 5.32 Å². The average Bonchev–Trinajstić information content (AvgIpc) is 2.15. The van der Waals surface area contributed by atoms with E-state index in [-0.39, 0.29) is 12.5 Å². The zero-order chi connectivity index (χ0) is 12.3. The Balaban J connectivity index is 2.89. The van der Waals surface area contributed by atoms with Crippen molar-refractivity contribution in [2.75, 3.05) is 6.61 Å². The van der Waals surface area contributed by atoms with Crippen molar-refractivity contribution < 1.29 is 9.90 Å². The number of aliphatic hydroxyl groups excluding tert-OH is 1. The van der Waals surface area contributed by atoms with Crippen LogP contribution in [-0.2, 0) is 0 Å². The van der Waals surface area contributed by atoms with Crippen molar-refractivity contribution in [3.63, 3.8) is 0 Å². The molecule has 88 valence electrons. The van der Waals surface area contributed by atoms with E-state index < -0.39 is 5.54 Å². The topological polar surface area (TPSA) is 49.3 Å². The standard InChI is InChI=1S/C12H16ClNO2/c1-8-4-9(6-10(13)5-8)11(16)14-12(2,3)7-15/h4-6,15H,7H2,1-3H3,(H,14,16). The molecular weight excluding hydrogens is 226 g/mol. The van der Waals surface area contributed by atoms with Crippen LogP contribution in [0.25, 0.3) is 0 Å². The predicted octanol–water partition coefficient (Wildman–Crippen LogP) is 2.15. The first-order valence-electron chi connectivity index (χ1n) is 5.04. The van der Waals surface area contributed by atoms with E-state index in [0.29, 0.717) is 10.6 Å². The minimum absolute atomic E-state index is 0.113. The van der Waals surface area contributed by atoms with Crippen LogP contribution in [0.3, 0.4) is 0 Å². The molecule has 0 heterocycles. The predicted molar refractivity (Wildman–Crippen MR) is 64.8 cm³/mol. The molecule has 0 atom stereocenters. The van der Waals surface area contributed by atoms with Gasteiger partial charge >= 0.3 is 0 Å². The molecule has 1 aromatic rings. The number of rotatable bonds is 3. The number of carbonyl (C=O) groups excluding carboxylic acids is 1. The van der Waals surface area contributed by atoms with Gasteiger partial charge in [0.1, 0.15) is 0 Å². The molecule has 3 nitrogen and oxygen atoms in total. The lowest BCUT2D eigenvalue weighted by atomic mass is 10.1. The number of aliphatic hydroxyl groups is 1. The lowest BCUT2D eigenvalue weighted by Gasteiger charge is -2.23. The average molecular weight is 242 g/mol. The van der Waals surface area contributed by atoms with Gasteiger partial charge in [-0.2, -0.15) is 0 Å². The van der Waals surface area contributed by atoms with Crippen LogP contribution in [0, 0.1) is 6.92 Å². The Kier molecular flexibility index (Phi) is 3.94. The normalized spacial score (nSPS) is 11.3. The van der Waals surface area contributed by atoms with Crippen LogP contribution in [-0.4, -0.2) is 23.2 Å². The number of nitrogens with one attached hydrogen (secondary N) is 1. The van der Waals surface area contributed by atoms with Crippen LogP contribution in [0.4, 0.5) is 0 Å². The van der Waals surface area contributed by atoms with E-state index in [9.17, 15) is 4.79 Å². The van der Waals surface area contributed by atoms with Gasteiger partial charge in [-0.1, -0.05) is 11.6 Å². The number of aryl methyl sites for hydroxylation is 1. The summed E-state index contributed by atoms with van der Waals surface area (Å²) in [5.74, 6) is -0.232. The molecule has 1 aromatic carbocycles. The van der Waals surface area contributed by atoms with Gasteiger partial charge < -0.3 is 10.4 Å². The Morgan fingerprint density at radius 3 is 2.56 bits per heavy atom. The summed E-state index contributed by atoms with van der Waals surface area (Å²) in [6, 6.07) is 5.15. The van der Waals surface area contributed by atoms with Crippen molar-refractivity contribution in [3.05, 3.63) is 34.3 Å². The van der Waals surface area contributed by atoms with E-state index in [4.69, 9.17) is 16.7 Å². The van der Waals surface area contributed by atoms with Crippen molar-refractivity contribution in [1.29, 1.82) is 0 Å². The van der Waals surface area contributed by atoms with Crippen LogP contribution in [0.1, 0.15) is 29.8 Å². The molecule has 1 rings (SSSR count). The van der Waals surface area contributed by atoms with Gasteiger partial charge in [-0.3, -0.25) is 4.79 Å². The van der Waals surface area contributed by atoms with Gasteiger partial charge in [0.2, 0.25) is 0 Å². The molecule has 0 aromatic heterocycles. The number of hydrogen-bond donors (Lipinski definition) is 2. The minimum atomic E-state index is -0.632. The van der Waals surface area contributed by atoms with Gasteiger partial charge in [-0.05, 0) is 44.5 Å². The maximum Gasteiger partial charge on any atom is 0.251 e. The van der Waals surface area contributed by atoms with E-state index in [1.54, 1.807) is 32.0 Å². The lowest BCUT2D eigenvalue weighted by Crippen LogP contribution is -2.46. The fourth-order valence-corrected chi connectivity index (χ4v) is 1.58. The van der Waals surface area contributed by atoms with Gasteiger partial charge in [0.15, 0.2) is 0 Å². The molecule has 0 aliphatic carbocycles. The van der Waals surface area contributed by atoms with Crippen molar-refractivity contribution in [3.8, 4) is 0 Å². The second-order valence-electron chi connectivity index (χ2n) is 4.51. The summed E-state index contributed by atoms with van der Waals surface area (Å²) in [4.78, 5) is 11.8. The third kappa shape index (κ3) is 3.51. The highest BCUT2D eigenvalue weighted by molar-refractivity contribution is 6.31. The molecular formula is C12H16ClNO2. The summed E-state index contributed by atoms with van der Waals surface area (Å²) in [6.45, 7) is 5.27. The largest absolute Gasteiger partial charge is 0.394 e. The molecule has 0 aliphatic heterocycles. The number of halogens is 1. The van der Waals surface area contributed by atoms with Gasteiger partial charge in [0.05, 0.1) is 12.1 Å². The van der Waals surface area contributed by atoms with Crippen molar-refractivity contribution in [2.45, 2.75) is 26.3 Å². The summed E-state index contributed by atoms with van der Waals surface area (Å²) in [6.07, 6.45) is 0. The maximum atomic E-state index is 11.8. The third-order valence-electron chi connectivity index (χ3n) is 2.15. The molecule has 0 fully saturated rings. The zero-order valence-corrected chi connectivity index (χ0v) is 10.4. The highest BCUT2D eigenvalue weighted by atomic mass is 35.5. The molecule has 0 bridgehead atoms. The molecule has 0 unspecified atom stereocenters. The van der Waals surface area contributed by atoms with E-state index in [1.807, 2.05) is 6.92 Å². The summed E-state index contributed by atoms with van der Waals surface area (Å²) in [7, 11) is 0. The number of benzene rings is 1. The first kappa shape index (κ1) is 13.0. The minimum Gasteiger partial charge on any atom is -0.394 e. The Hall–Kier alpha value is -1.06. The smallest absolute Gasteiger partial charge is 0.251 e. The third-order valence-corrected chi connectivity index (χ3v) is 2.37. The molecule has 2 N–H and O–H groups in total. The van der Waals surface area contributed by atoms with Crippen LogP contribution in [0.5, 0.6) is 0 Å². The SMILES string of the molecule is Cc1cc(Cl)cc(C(=O)NC(C)(C)CO)c1. The molecule has 0 saturated heterocycles. The second kappa shape index (κ2) is 4.85. The first-order valence-corrected chi connectivity index (χ1v) is 5.42. The molecule has 0 radical (unpaired) electrons. The fourth-order valence-electron chi connectivity index (χ4n) is 1.29. The van der Waals surface area contributed by atoms with E-state index in [1.165, 1.54) is 0 Å². The Labute approximate surface area is 100 Å². The molecule has 16 heavy (non-hydrogen) atoms. The number of amides is 1. The molecule has 4 heteroatoms. The van der Waals surface area contributed by atoms with Gasteiger partial charge in [-0.25, -0.2) is 0 Å². The van der Waals surface area contributed by atoms with Crippen molar-refractivity contribution >= 4 is 17.5 Å². The zero-order valence-electron chi connectivity index (χ0n) is 9.67. The van der Waals surface area contributed by atoms with Gasteiger partial charge in [0, 0.05) is 10.6 Å². The lowest BCUT2D eigenvalue weighted by molar-refractivity contribution is 0.0869. The van der Waals surface area contributed by atoms with Gasteiger partial charge in [-0.15, -0.1) is 0 Å². The second-order valence-corrected chi connectivity index (χ2v) is 4.95. The highest BCUT2D eigenvalue weighted by Crippen LogP contribution is 2.15. The summed E-state index contributed by atoms with van der Waals surface area (Å²) in [5.41, 5.74) is 0.804. The first-order chi connectivity index (χ1) is 7.34. The molecule has 0 aliphatic rings. The molecule has 1 amide bonds. The van der Waals surface area contributed by atoms with Crippen LogP contribution < -0.4 is 5.32 Å². The Morgan fingerprint density at radius 2 is 2.06 bits per heavy atom. The molecule has 0 spiro atoms. The van der Waals surface area contributed by atoms with E-state index >= 15 is 0 Å². The van der Waals surface area contributed by atoms with Crippen molar-refractivity contribution in [2.24, 2.45) is 0 Å². The maximum absolute atomic E-state index is 11.8. The monoisotopic (exact) mass is 241 g/mol. The number of carbonyl (C=O) groups is 1.